The average molecular weight is 349 g/mol. The molecule has 0 atom stereocenters. The highest BCUT2D eigenvalue weighted by molar-refractivity contribution is 5.90. The van der Waals surface area contributed by atoms with Gasteiger partial charge in [0.15, 0.2) is 5.75 Å². The number of benzene rings is 2. The van der Waals surface area contributed by atoms with Crippen molar-refractivity contribution in [3.05, 3.63) is 99.5 Å². The molecule has 0 aliphatic carbocycles. The molecule has 0 aliphatic heterocycles. The predicted octanol–water partition coefficient (Wildman–Crippen LogP) is 3.48. The zero-order valence-electron chi connectivity index (χ0n) is 14.4. The SMILES string of the molecule is Cc1cc(C(=O)O)c(OCc2ccccc2)c(=O)n1Cc1ccccc1. The van der Waals surface area contributed by atoms with Gasteiger partial charge < -0.3 is 14.4 Å². The molecular weight excluding hydrogens is 330 g/mol. The summed E-state index contributed by atoms with van der Waals surface area (Å²) in [6, 6.07) is 20.3. The van der Waals surface area contributed by atoms with Gasteiger partial charge in [-0.2, -0.15) is 0 Å². The standard InChI is InChI=1S/C21H19NO4/c1-15-12-18(21(24)25)19(26-14-17-10-6-3-7-11-17)20(23)22(15)13-16-8-4-2-5-9-16/h2-12H,13-14H2,1H3,(H,24,25). The Morgan fingerprint density at radius 3 is 2.15 bits per heavy atom. The first-order chi connectivity index (χ1) is 12.6. The van der Waals surface area contributed by atoms with E-state index in [4.69, 9.17) is 4.74 Å². The van der Waals surface area contributed by atoms with Crippen LogP contribution in [-0.4, -0.2) is 15.6 Å². The number of aromatic carboxylic acids is 1. The minimum absolute atomic E-state index is 0.118. The van der Waals surface area contributed by atoms with E-state index in [9.17, 15) is 14.7 Å². The summed E-state index contributed by atoms with van der Waals surface area (Å²) in [7, 11) is 0. The lowest BCUT2D eigenvalue weighted by Gasteiger charge is -2.15. The van der Waals surface area contributed by atoms with Gasteiger partial charge in [0.25, 0.3) is 5.56 Å². The zero-order valence-corrected chi connectivity index (χ0v) is 14.4. The molecule has 132 valence electrons. The summed E-state index contributed by atoms with van der Waals surface area (Å²) < 4.78 is 7.16. The molecule has 0 saturated heterocycles. The van der Waals surface area contributed by atoms with Crippen molar-refractivity contribution in [3.8, 4) is 5.75 Å². The number of nitrogens with zero attached hydrogens (tertiary/aromatic N) is 1. The van der Waals surface area contributed by atoms with Gasteiger partial charge in [-0.05, 0) is 24.1 Å². The molecule has 26 heavy (non-hydrogen) atoms. The van der Waals surface area contributed by atoms with Crippen LogP contribution >= 0.6 is 0 Å². The zero-order chi connectivity index (χ0) is 18.5. The molecule has 3 aromatic rings. The quantitative estimate of drug-likeness (QED) is 0.740. The summed E-state index contributed by atoms with van der Waals surface area (Å²) in [5.74, 6) is -1.32. The molecule has 0 radical (unpaired) electrons. The van der Waals surface area contributed by atoms with Gasteiger partial charge in [-0.15, -0.1) is 0 Å². The number of aryl methyl sites for hydroxylation is 1. The van der Waals surface area contributed by atoms with Gasteiger partial charge in [0.1, 0.15) is 12.2 Å². The number of pyridine rings is 1. The molecule has 0 saturated carbocycles. The minimum atomic E-state index is -1.18. The van der Waals surface area contributed by atoms with Crippen molar-refractivity contribution in [2.24, 2.45) is 0 Å². The lowest BCUT2D eigenvalue weighted by atomic mass is 10.1. The van der Waals surface area contributed by atoms with E-state index in [0.29, 0.717) is 12.2 Å². The summed E-state index contributed by atoms with van der Waals surface area (Å²) in [4.78, 5) is 24.5. The van der Waals surface area contributed by atoms with E-state index in [-0.39, 0.29) is 17.9 Å². The first-order valence-electron chi connectivity index (χ1n) is 8.24. The van der Waals surface area contributed by atoms with E-state index >= 15 is 0 Å². The average Bonchev–Trinajstić information content (AvgIpc) is 2.65. The van der Waals surface area contributed by atoms with Crippen LogP contribution < -0.4 is 10.3 Å². The van der Waals surface area contributed by atoms with Gasteiger partial charge >= 0.3 is 5.97 Å². The van der Waals surface area contributed by atoms with Crippen LogP contribution in [0.4, 0.5) is 0 Å². The lowest BCUT2D eigenvalue weighted by molar-refractivity contribution is 0.0690. The highest BCUT2D eigenvalue weighted by atomic mass is 16.5. The van der Waals surface area contributed by atoms with E-state index in [0.717, 1.165) is 11.1 Å². The second-order valence-electron chi connectivity index (χ2n) is 5.98. The first-order valence-corrected chi connectivity index (χ1v) is 8.24. The number of rotatable bonds is 6. The molecule has 0 bridgehead atoms. The maximum atomic E-state index is 12.9. The first kappa shape index (κ1) is 17.5. The van der Waals surface area contributed by atoms with E-state index in [1.54, 1.807) is 6.92 Å². The second-order valence-corrected chi connectivity index (χ2v) is 5.98. The summed E-state index contributed by atoms with van der Waals surface area (Å²) in [5, 5.41) is 9.46. The second kappa shape index (κ2) is 7.70. The third-order valence-corrected chi connectivity index (χ3v) is 4.10. The number of hydrogen-bond acceptors (Lipinski definition) is 3. The van der Waals surface area contributed by atoms with Gasteiger partial charge in [-0.25, -0.2) is 4.79 Å². The Morgan fingerprint density at radius 1 is 1.00 bits per heavy atom. The maximum Gasteiger partial charge on any atom is 0.339 e. The van der Waals surface area contributed by atoms with Crippen molar-refractivity contribution in [1.82, 2.24) is 4.57 Å². The number of carboxylic acids is 1. The molecule has 0 aliphatic rings. The Balaban J connectivity index is 1.99. The van der Waals surface area contributed by atoms with Crippen LogP contribution in [0.2, 0.25) is 0 Å². The summed E-state index contributed by atoms with van der Waals surface area (Å²) in [6.45, 7) is 2.20. The normalized spacial score (nSPS) is 10.5. The van der Waals surface area contributed by atoms with Crippen LogP contribution in [0.25, 0.3) is 0 Å². The maximum absolute atomic E-state index is 12.9. The third kappa shape index (κ3) is 3.83. The van der Waals surface area contributed by atoms with Gasteiger partial charge in [0.2, 0.25) is 0 Å². The fraction of sp³-hybridized carbons (Fsp3) is 0.143. The summed E-state index contributed by atoms with van der Waals surface area (Å²) in [6.07, 6.45) is 0. The summed E-state index contributed by atoms with van der Waals surface area (Å²) >= 11 is 0. The highest BCUT2D eigenvalue weighted by Gasteiger charge is 2.19. The van der Waals surface area contributed by atoms with Crippen molar-refractivity contribution in [3.63, 3.8) is 0 Å². The number of carboxylic acid groups (broad SMARTS) is 1. The molecule has 0 spiro atoms. The van der Waals surface area contributed by atoms with Gasteiger partial charge in [0.05, 0.1) is 6.54 Å². The van der Waals surface area contributed by atoms with E-state index in [1.165, 1.54) is 10.6 Å². The third-order valence-electron chi connectivity index (χ3n) is 4.10. The molecule has 0 unspecified atom stereocenters. The van der Waals surface area contributed by atoms with Gasteiger partial charge in [-0.3, -0.25) is 4.79 Å². The molecule has 2 aromatic carbocycles. The van der Waals surface area contributed by atoms with Crippen molar-refractivity contribution < 1.29 is 14.6 Å². The van der Waals surface area contributed by atoms with E-state index < -0.39 is 11.5 Å². The van der Waals surface area contributed by atoms with Crippen LogP contribution in [0.15, 0.2) is 71.5 Å². The van der Waals surface area contributed by atoms with Crippen molar-refractivity contribution in [2.45, 2.75) is 20.1 Å². The Kier molecular flexibility index (Phi) is 5.17. The molecule has 0 fully saturated rings. The molecule has 1 aromatic heterocycles. The Hall–Kier alpha value is -3.34. The molecule has 0 amide bonds. The fourth-order valence-corrected chi connectivity index (χ4v) is 2.74. The van der Waals surface area contributed by atoms with Gasteiger partial charge in [-0.1, -0.05) is 60.7 Å². The Labute approximate surface area is 151 Å². The number of ether oxygens (including phenoxy) is 1. The Morgan fingerprint density at radius 2 is 1.58 bits per heavy atom. The van der Waals surface area contributed by atoms with E-state index in [1.807, 2.05) is 60.7 Å². The van der Waals surface area contributed by atoms with Gasteiger partial charge in [0, 0.05) is 5.69 Å². The molecule has 5 nitrogen and oxygen atoms in total. The largest absolute Gasteiger partial charge is 0.482 e. The monoisotopic (exact) mass is 349 g/mol. The fourth-order valence-electron chi connectivity index (χ4n) is 2.74. The van der Waals surface area contributed by atoms with Crippen LogP contribution in [0.5, 0.6) is 5.75 Å². The molecular formula is C21H19NO4. The predicted molar refractivity (Wildman–Crippen MR) is 98.7 cm³/mol. The minimum Gasteiger partial charge on any atom is -0.482 e. The van der Waals surface area contributed by atoms with Crippen molar-refractivity contribution in [1.29, 1.82) is 0 Å². The highest BCUT2D eigenvalue weighted by Crippen LogP contribution is 2.18. The summed E-state index contributed by atoms with van der Waals surface area (Å²) in [5.41, 5.74) is 1.83. The van der Waals surface area contributed by atoms with Crippen LogP contribution in [-0.2, 0) is 13.2 Å². The molecule has 3 rings (SSSR count). The van der Waals surface area contributed by atoms with E-state index in [2.05, 4.69) is 0 Å². The number of hydrogen-bond donors (Lipinski definition) is 1. The topological polar surface area (TPSA) is 68.5 Å². The number of aromatic nitrogens is 1. The Bertz CT molecular complexity index is 963. The van der Waals surface area contributed by atoms with Crippen molar-refractivity contribution in [2.75, 3.05) is 0 Å². The molecule has 5 heteroatoms. The number of carbonyl (C=O) groups is 1. The smallest absolute Gasteiger partial charge is 0.339 e. The van der Waals surface area contributed by atoms with Crippen LogP contribution in [0.3, 0.4) is 0 Å². The van der Waals surface area contributed by atoms with Crippen LogP contribution in [0.1, 0.15) is 27.2 Å². The molecule has 1 N–H and O–H groups in total. The van der Waals surface area contributed by atoms with Crippen LogP contribution in [0, 0.1) is 6.92 Å². The van der Waals surface area contributed by atoms with Crippen molar-refractivity contribution >= 4 is 5.97 Å². The lowest BCUT2D eigenvalue weighted by Crippen LogP contribution is -2.27. The molecule has 1 heterocycles.